The lowest BCUT2D eigenvalue weighted by atomic mass is 9.96. The summed E-state index contributed by atoms with van der Waals surface area (Å²) in [6.45, 7) is 3.44. The molecule has 4 nitrogen and oxygen atoms in total. The van der Waals surface area contributed by atoms with Gasteiger partial charge in [0.2, 0.25) is 0 Å². The van der Waals surface area contributed by atoms with E-state index < -0.39 is 0 Å². The van der Waals surface area contributed by atoms with Crippen LogP contribution in [0.4, 0.5) is 5.69 Å². The number of nitrogens with zero attached hydrogens (tertiary/aromatic N) is 2. The van der Waals surface area contributed by atoms with E-state index >= 15 is 0 Å². The average Bonchev–Trinajstić information content (AvgIpc) is 3.19. The van der Waals surface area contributed by atoms with Gasteiger partial charge in [0, 0.05) is 12.5 Å². The highest BCUT2D eigenvalue weighted by Gasteiger charge is 2.27. The minimum Gasteiger partial charge on any atom is -0.494 e. The molecule has 0 aliphatic carbocycles. The van der Waals surface area contributed by atoms with Crippen LogP contribution in [0.25, 0.3) is 5.70 Å². The Bertz CT molecular complexity index is 964. The second-order valence-corrected chi connectivity index (χ2v) is 6.60. The summed E-state index contributed by atoms with van der Waals surface area (Å²) in [5.74, 6) is 1.01. The molecule has 28 heavy (non-hydrogen) atoms. The quantitative estimate of drug-likeness (QED) is 0.548. The van der Waals surface area contributed by atoms with Crippen molar-refractivity contribution in [2.75, 3.05) is 13.2 Å². The molecule has 0 fully saturated rings. The summed E-state index contributed by atoms with van der Waals surface area (Å²) in [5.41, 5.74) is 5.18. The van der Waals surface area contributed by atoms with Crippen LogP contribution in [-0.2, 0) is 0 Å². The summed E-state index contributed by atoms with van der Waals surface area (Å²) in [6, 6.07) is 28.5. The van der Waals surface area contributed by atoms with Crippen LogP contribution in [0.5, 0.6) is 5.75 Å². The van der Waals surface area contributed by atoms with Crippen molar-refractivity contribution in [3.05, 3.63) is 102 Å². The van der Waals surface area contributed by atoms with Crippen molar-refractivity contribution in [2.24, 2.45) is 10.2 Å². The minimum atomic E-state index is 0.169. The Kier molecular flexibility index (Phi) is 5.48. The van der Waals surface area contributed by atoms with E-state index in [1.54, 1.807) is 0 Å². The highest BCUT2D eigenvalue weighted by molar-refractivity contribution is 5.71. The Morgan fingerprint density at radius 1 is 0.857 bits per heavy atom. The summed E-state index contributed by atoms with van der Waals surface area (Å²) in [4.78, 5) is 0. The third kappa shape index (κ3) is 3.96. The molecular weight excluding hydrogens is 346 g/mol. The van der Waals surface area contributed by atoms with Crippen molar-refractivity contribution in [1.29, 1.82) is 0 Å². The van der Waals surface area contributed by atoms with E-state index in [-0.39, 0.29) is 5.92 Å². The summed E-state index contributed by atoms with van der Waals surface area (Å²) in [5, 5.41) is 12.7. The van der Waals surface area contributed by atoms with E-state index in [1.807, 2.05) is 55.5 Å². The molecule has 3 aromatic carbocycles. The van der Waals surface area contributed by atoms with Crippen LogP contribution in [-0.4, -0.2) is 13.2 Å². The van der Waals surface area contributed by atoms with Gasteiger partial charge in [-0.05, 0) is 42.3 Å². The normalized spacial score (nSPS) is 16.4. The van der Waals surface area contributed by atoms with Crippen LogP contribution in [0.1, 0.15) is 24.0 Å². The minimum absolute atomic E-state index is 0.169. The molecule has 140 valence electrons. The van der Waals surface area contributed by atoms with E-state index in [1.165, 1.54) is 5.56 Å². The average molecular weight is 369 g/mol. The predicted molar refractivity (Wildman–Crippen MR) is 113 cm³/mol. The Labute approximate surface area is 165 Å². The zero-order valence-electron chi connectivity index (χ0n) is 15.9. The van der Waals surface area contributed by atoms with E-state index in [2.05, 4.69) is 51.9 Å². The lowest BCUT2D eigenvalue weighted by Crippen LogP contribution is -2.10. The van der Waals surface area contributed by atoms with E-state index in [0.717, 1.165) is 34.9 Å². The van der Waals surface area contributed by atoms with Crippen LogP contribution in [0, 0.1) is 0 Å². The van der Waals surface area contributed by atoms with Gasteiger partial charge in [-0.3, -0.25) is 0 Å². The van der Waals surface area contributed by atoms with Crippen LogP contribution in [0.3, 0.4) is 0 Å². The molecule has 1 aliphatic heterocycles. The summed E-state index contributed by atoms with van der Waals surface area (Å²) in [6.07, 6.45) is 0. The van der Waals surface area contributed by atoms with Gasteiger partial charge in [0.15, 0.2) is 0 Å². The molecule has 3 aromatic rings. The third-order valence-electron chi connectivity index (χ3n) is 4.75. The second kappa shape index (κ2) is 8.53. The lowest BCUT2D eigenvalue weighted by molar-refractivity contribution is 0.340. The number of ether oxygens (including phenoxy) is 1. The maximum atomic E-state index is 5.50. The van der Waals surface area contributed by atoms with Gasteiger partial charge in [0.25, 0.3) is 0 Å². The van der Waals surface area contributed by atoms with Crippen molar-refractivity contribution < 1.29 is 4.74 Å². The molecule has 0 spiro atoms. The maximum absolute atomic E-state index is 5.50. The maximum Gasteiger partial charge on any atom is 0.119 e. The highest BCUT2D eigenvalue weighted by atomic mass is 16.5. The standard InChI is InChI=1S/C24H23N3O/c1-2-28-21-15-13-20(14-16-21)26-27-24-22(18-9-5-3-6-10-18)17-25-23(24)19-11-7-4-8-12-19/h3-16,22,25H,2,17H2,1H3. The first-order valence-corrected chi connectivity index (χ1v) is 9.58. The fourth-order valence-electron chi connectivity index (χ4n) is 3.39. The number of benzene rings is 3. The predicted octanol–water partition coefficient (Wildman–Crippen LogP) is 5.92. The number of hydrogen-bond donors (Lipinski definition) is 1. The van der Waals surface area contributed by atoms with E-state index in [4.69, 9.17) is 4.74 Å². The number of azo groups is 1. The molecule has 1 heterocycles. The van der Waals surface area contributed by atoms with Crippen molar-refractivity contribution in [2.45, 2.75) is 12.8 Å². The van der Waals surface area contributed by atoms with Gasteiger partial charge in [-0.2, -0.15) is 10.2 Å². The van der Waals surface area contributed by atoms with E-state index in [9.17, 15) is 0 Å². The molecule has 4 heteroatoms. The first kappa shape index (κ1) is 18.0. The van der Waals surface area contributed by atoms with Crippen LogP contribution < -0.4 is 10.1 Å². The Morgan fingerprint density at radius 2 is 1.54 bits per heavy atom. The van der Waals surface area contributed by atoms with Crippen molar-refractivity contribution in [1.82, 2.24) is 5.32 Å². The van der Waals surface area contributed by atoms with Crippen LogP contribution in [0.2, 0.25) is 0 Å². The lowest BCUT2D eigenvalue weighted by Gasteiger charge is -2.10. The molecule has 4 rings (SSSR count). The molecule has 1 aliphatic rings. The second-order valence-electron chi connectivity index (χ2n) is 6.60. The first-order valence-electron chi connectivity index (χ1n) is 9.58. The number of nitrogens with one attached hydrogen (secondary N) is 1. The number of rotatable bonds is 6. The van der Waals surface area contributed by atoms with Gasteiger partial charge in [0.1, 0.15) is 5.75 Å². The topological polar surface area (TPSA) is 46.0 Å². The van der Waals surface area contributed by atoms with Gasteiger partial charge < -0.3 is 10.1 Å². The van der Waals surface area contributed by atoms with Crippen LogP contribution in [0.15, 0.2) is 101 Å². The van der Waals surface area contributed by atoms with Crippen molar-refractivity contribution in [3.8, 4) is 5.75 Å². The van der Waals surface area contributed by atoms with Crippen LogP contribution >= 0.6 is 0 Å². The summed E-state index contributed by atoms with van der Waals surface area (Å²) < 4.78 is 5.50. The SMILES string of the molecule is CCOc1ccc(N=NC2=C(c3ccccc3)NCC2c2ccccc2)cc1. The van der Waals surface area contributed by atoms with Crippen molar-refractivity contribution >= 4 is 11.4 Å². The van der Waals surface area contributed by atoms with Gasteiger partial charge >= 0.3 is 0 Å². The highest BCUT2D eigenvalue weighted by Crippen LogP contribution is 2.36. The fourth-order valence-corrected chi connectivity index (χ4v) is 3.39. The molecule has 1 N–H and O–H groups in total. The molecule has 0 aromatic heterocycles. The zero-order chi connectivity index (χ0) is 19.2. The Balaban J connectivity index is 1.69. The van der Waals surface area contributed by atoms with Gasteiger partial charge in [0.05, 0.1) is 23.7 Å². The summed E-state index contributed by atoms with van der Waals surface area (Å²) >= 11 is 0. The fraction of sp³-hybridized carbons (Fsp3) is 0.167. The molecule has 0 amide bonds. The Hall–Kier alpha value is -3.40. The number of hydrogen-bond acceptors (Lipinski definition) is 4. The molecule has 1 unspecified atom stereocenters. The molecule has 0 bridgehead atoms. The molecule has 1 atom stereocenters. The van der Waals surface area contributed by atoms with Gasteiger partial charge in [-0.15, -0.1) is 0 Å². The molecular formula is C24H23N3O. The zero-order valence-corrected chi connectivity index (χ0v) is 15.9. The first-order chi connectivity index (χ1) is 13.8. The van der Waals surface area contributed by atoms with Gasteiger partial charge in [-0.25, -0.2) is 0 Å². The third-order valence-corrected chi connectivity index (χ3v) is 4.75. The smallest absolute Gasteiger partial charge is 0.119 e. The molecule has 0 saturated heterocycles. The van der Waals surface area contributed by atoms with E-state index in [0.29, 0.717) is 6.61 Å². The largest absolute Gasteiger partial charge is 0.494 e. The molecule has 0 saturated carbocycles. The Morgan fingerprint density at radius 3 is 2.21 bits per heavy atom. The van der Waals surface area contributed by atoms with Crippen molar-refractivity contribution in [3.63, 3.8) is 0 Å². The molecule has 0 radical (unpaired) electrons. The monoisotopic (exact) mass is 369 g/mol. The summed E-state index contributed by atoms with van der Waals surface area (Å²) in [7, 11) is 0. The van der Waals surface area contributed by atoms with Gasteiger partial charge in [-0.1, -0.05) is 60.7 Å².